The molecule has 0 saturated heterocycles. The van der Waals surface area contributed by atoms with Gasteiger partial charge in [0.15, 0.2) is 16.3 Å². The van der Waals surface area contributed by atoms with Gasteiger partial charge in [-0.3, -0.25) is 14.4 Å². The highest BCUT2D eigenvalue weighted by Crippen LogP contribution is 2.35. The fraction of sp³-hybridized carbons (Fsp3) is 0.217. The van der Waals surface area contributed by atoms with E-state index in [1.165, 1.54) is 11.3 Å². The summed E-state index contributed by atoms with van der Waals surface area (Å²) in [6.45, 7) is 2.61. The highest BCUT2D eigenvalue weighted by molar-refractivity contribution is 7.16. The monoisotopic (exact) mass is 466 g/mol. The maximum atomic E-state index is 13.0. The van der Waals surface area contributed by atoms with Gasteiger partial charge in [-0.25, -0.2) is 0 Å². The zero-order valence-corrected chi connectivity index (χ0v) is 18.3. The average Bonchev–Trinajstić information content (AvgIpc) is 3.13. The lowest BCUT2D eigenvalue weighted by Gasteiger charge is -2.18. The van der Waals surface area contributed by atoms with Gasteiger partial charge in [0.2, 0.25) is 5.43 Å². The van der Waals surface area contributed by atoms with Gasteiger partial charge in [0.1, 0.15) is 37.2 Å². The van der Waals surface area contributed by atoms with Crippen molar-refractivity contribution in [1.29, 1.82) is 0 Å². The summed E-state index contributed by atoms with van der Waals surface area (Å²) in [5.41, 5.74) is 0.346. The molecule has 33 heavy (non-hydrogen) atoms. The number of carbonyl (C=O) groups excluding carboxylic acids is 2. The predicted octanol–water partition coefficient (Wildman–Crippen LogP) is 2.88. The Hall–Kier alpha value is -3.92. The number of esters is 1. The first kappa shape index (κ1) is 21.0. The molecule has 0 aliphatic carbocycles. The summed E-state index contributed by atoms with van der Waals surface area (Å²) in [7, 11) is 0. The first-order valence-corrected chi connectivity index (χ1v) is 11.0. The smallest absolute Gasteiger partial charge is 0.326 e. The largest absolute Gasteiger partial charge is 0.486 e. The van der Waals surface area contributed by atoms with E-state index in [1.807, 2.05) is 0 Å². The molecule has 0 fully saturated rings. The van der Waals surface area contributed by atoms with Crippen LogP contribution in [0.3, 0.4) is 0 Å². The summed E-state index contributed by atoms with van der Waals surface area (Å²) in [6, 6.07) is 10.2. The highest BCUT2D eigenvalue weighted by Gasteiger charge is 2.20. The molecule has 3 heterocycles. The van der Waals surface area contributed by atoms with E-state index in [0.29, 0.717) is 35.8 Å². The molecule has 1 aliphatic rings. The summed E-state index contributed by atoms with van der Waals surface area (Å²) in [5.74, 6) is -0.134. The van der Waals surface area contributed by atoms with Gasteiger partial charge in [-0.05, 0) is 19.1 Å². The molecule has 1 aliphatic heterocycles. The minimum Gasteiger partial charge on any atom is -0.486 e. The summed E-state index contributed by atoms with van der Waals surface area (Å²) >= 11 is 1.19. The highest BCUT2D eigenvalue weighted by atomic mass is 32.1. The van der Waals surface area contributed by atoms with Crippen molar-refractivity contribution in [1.82, 2.24) is 4.57 Å². The summed E-state index contributed by atoms with van der Waals surface area (Å²) < 4.78 is 24.1. The van der Waals surface area contributed by atoms with Crippen LogP contribution in [0.25, 0.3) is 21.2 Å². The minimum atomic E-state index is -0.768. The molecule has 0 unspecified atom stereocenters. The Labute approximate surface area is 190 Å². The zero-order chi connectivity index (χ0) is 22.9. The molecule has 4 aromatic rings. The van der Waals surface area contributed by atoms with Crippen LogP contribution in [0.1, 0.15) is 17.3 Å². The van der Waals surface area contributed by atoms with Gasteiger partial charge in [-0.1, -0.05) is 23.5 Å². The maximum Gasteiger partial charge on any atom is 0.326 e. The first-order chi connectivity index (χ1) is 16.0. The maximum absolute atomic E-state index is 13.0. The van der Waals surface area contributed by atoms with E-state index in [-0.39, 0.29) is 28.9 Å². The van der Waals surface area contributed by atoms with Gasteiger partial charge in [0.05, 0.1) is 22.2 Å². The number of aromatic nitrogens is 1. The topological polar surface area (TPSA) is 109 Å². The number of ether oxygens (including phenoxy) is 3. The van der Waals surface area contributed by atoms with Crippen molar-refractivity contribution in [2.75, 3.05) is 19.8 Å². The van der Waals surface area contributed by atoms with Gasteiger partial charge >= 0.3 is 5.97 Å². The SMILES string of the molecule is CCOC(=O)Cn1c(=NC(=O)c2coc3ccccc3c2=O)sc2cc3c(cc21)OCCO3. The number of benzene rings is 2. The van der Waals surface area contributed by atoms with Crippen molar-refractivity contribution in [3.63, 3.8) is 0 Å². The van der Waals surface area contributed by atoms with Crippen LogP contribution in [0.4, 0.5) is 0 Å². The molecule has 0 spiro atoms. The Morgan fingerprint density at radius 3 is 2.70 bits per heavy atom. The number of para-hydroxylation sites is 1. The Morgan fingerprint density at radius 2 is 1.91 bits per heavy atom. The van der Waals surface area contributed by atoms with E-state index in [9.17, 15) is 14.4 Å². The number of rotatable bonds is 4. The van der Waals surface area contributed by atoms with Crippen LogP contribution in [0.2, 0.25) is 0 Å². The summed E-state index contributed by atoms with van der Waals surface area (Å²) in [4.78, 5) is 42.4. The zero-order valence-electron chi connectivity index (χ0n) is 17.5. The molecule has 2 aromatic heterocycles. The molecule has 168 valence electrons. The second kappa shape index (κ2) is 8.55. The molecule has 0 atom stereocenters. The van der Waals surface area contributed by atoms with Crippen molar-refractivity contribution in [3.05, 3.63) is 63.2 Å². The number of amides is 1. The predicted molar refractivity (Wildman–Crippen MR) is 120 cm³/mol. The fourth-order valence-corrected chi connectivity index (χ4v) is 4.59. The number of carbonyl (C=O) groups is 2. The van der Waals surface area contributed by atoms with Crippen LogP contribution in [-0.4, -0.2) is 36.3 Å². The Balaban J connectivity index is 1.66. The summed E-state index contributed by atoms with van der Waals surface area (Å²) in [6.07, 6.45) is 1.11. The van der Waals surface area contributed by atoms with Crippen LogP contribution >= 0.6 is 11.3 Å². The van der Waals surface area contributed by atoms with Gasteiger partial charge in [-0.15, -0.1) is 0 Å². The molecule has 10 heteroatoms. The van der Waals surface area contributed by atoms with Crippen LogP contribution < -0.4 is 19.7 Å². The molecule has 0 bridgehead atoms. The standard InChI is InChI=1S/C23H18N2O7S/c1-2-29-20(26)11-25-15-9-17-18(31-8-7-30-17)10-19(15)33-23(25)24-22(28)14-12-32-16-6-4-3-5-13(16)21(14)27/h3-6,9-10,12H,2,7-8,11H2,1H3. The number of fused-ring (bicyclic) bond motifs is 3. The molecule has 9 nitrogen and oxygen atoms in total. The van der Waals surface area contributed by atoms with Crippen molar-refractivity contribution in [2.45, 2.75) is 13.5 Å². The molecule has 0 radical (unpaired) electrons. The number of hydrogen-bond donors (Lipinski definition) is 0. The second-order valence-corrected chi connectivity index (χ2v) is 8.14. The molecule has 5 rings (SSSR count). The lowest BCUT2D eigenvalue weighted by atomic mass is 10.2. The number of nitrogens with zero attached hydrogens (tertiary/aromatic N) is 2. The Kier molecular flexibility index (Phi) is 5.43. The van der Waals surface area contributed by atoms with Gasteiger partial charge in [-0.2, -0.15) is 4.99 Å². The van der Waals surface area contributed by atoms with E-state index < -0.39 is 17.3 Å². The lowest BCUT2D eigenvalue weighted by molar-refractivity contribution is -0.143. The van der Waals surface area contributed by atoms with E-state index >= 15 is 0 Å². The van der Waals surface area contributed by atoms with Crippen molar-refractivity contribution < 1.29 is 28.2 Å². The molecule has 1 amide bonds. The normalized spacial score (nSPS) is 13.4. The molecular formula is C23H18N2O7S. The van der Waals surface area contributed by atoms with E-state index in [2.05, 4.69) is 4.99 Å². The Morgan fingerprint density at radius 1 is 1.15 bits per heavy atom. The van der Waals surface area contributed by atoms with Crippen molar-refractivity contribution in [2.24, 2.45) is 4.99 Å². The molecular weight excluding hydrogens is 448 g/mol. The van der Waals surface area contributed by atoms with Crippen molar-refractivity contribution in [3.8, 4) is 11.5 Å². The van der Waals surface area contributed by atoms with Crippen molar-refractivity contribution >= 4 is 44.4 Å². The molecule has 2 aromatic carbocycles. The van der Waals surface area contributed by atoms with Crippen LogP contribution in [0, 0.1) is 0 Å². The van der Waals surface area contributed by atoms with Gasteiger partial charge in [0.25, 0.3) is 5.91 Å². The van der Waals surface area contributed by atoms with Gasteiger partial charge < -0.3 is 23.2 Å². The van der Waals surface area contributed by atoms with Crippen LogP contribution in [-0.2, 0) is 16.1 Å². The van der Waals surface area contributed by atoms with Crippen LogP contribution in [0.15, 0.2) is 56.9 Å². The third-order valence-electron chi connectivity index (χ3n) is 5.05. The summed E-state index contributed by atoms with van der Waals surface area (Å²) in [5, 5.41) is 0.288. The third-order valence-corrected chi connectivity index (χ3v) is 6.09. The van der Waals surface area contributed by atoms with E-state index in [1.54, 1.807) is 47.9 Å². The molecule has 0 saturated carbocycles. The minimum absolute atomic E-state index is 0.161. The lowest BCUT2D eigenvalue weighted by Crippen LogP contribution is -2.24. The quantitative estimate of drug-likeness (QED) is 0.426. The molecule has 0 N–H and O–H groups in total. The number of hydrogen-bond acceptors (Lipinski definition) is 8. The fourth-order valence-electron chi connectivity index (χ4n) is 3.55. The second-order valence-electron chi connectivity index (χ2n) is 7.13. The van der Waals surface area contributed by atoms with Gasteiger partial charge in [0, 0.05) is 12.1 Å². The third kappa shape index (κ3) is 3.89. The Bertz CT molecular complexity index is 1530. The van der Waals surface area contributed by atoms with Crippen LogP contribution in [0.5, 0.6) is 11.5 Å². The van der Waals surface area contributed by atoms with E-state index in [0.717, 1.165) is 11.0 Å². The number of thiazole rings is 1. The van der Waals surface area contributed by atoms with E-state index in [4.69, 9.17) is 18.6 Å². The average molecular weight is 466 g/mol. The first-order valence-electron chi connectivity index (χ1n) is 10.2.